The Bertz CT molecular complexity index is 756. The van der Waals surface area contributed by atoms with Gasteiger partial charge in [0.25, 0.3) is 0 Å². The van der Waals surface area contributed by atoms with Crippen LogP contribution in [0.5, 0.6) is 0 Å². The predicted octanol–water partition coefficient (Wildman–Crippen LogP) is -0.442. The van der Waals surface area contributed by atoms with Crippen molar-refractivity contribution in [1.29, 1.82) is 0 Å². The molecule has 0 radical (unpaired) electrons. The summed E-state index contributed by atoms with van der Waals surface area (Å²) < 4.78 is 9.83. The highest BCUT2D eigenvalue weighted by atomic mass is 16.5. The van der Waals surface area contributed by atoms with Crippen LogP contribution in [-0.2, 0) is 19.1 Å². The van der Waals surface area contributed by atoms with E-state index in [1.54, 1.807) is 24.3 Å². The summed E-state index contributed by atoms with van der Waals surface area (Å²) in [6.45, 7) is 1.95. The van der Waals surface area contributed by atoms with Crippen LogP contribution in [0.4, 0.5) is 9.59 Å². The van der Waals surface area contributed by atoms with Crippen molar-refractivity contribution >= 4 is 35.4 Å². The van der Waals surface area contributed by atoms with Gasteiger partial charge in [-0.15, -0.1) is 0 Å². The van der Waals surface area contributed by atoms with Crippen LogP contribution in [-0.4, -0.2) is 48.6 Å². The fraction of sp³-hybridized carbons (Fsp3) is 0.250. The number of primary amides is 2. The Hall–Kier alpha value is -3.96. The molecule has 1 rings (SSSR count). The van der Waals surface area contributed by atoms with Crippen molar-refractivity contribution in [3.63, 3.8) is 0 Å². The van der Waals surface area contributed by atoms with E-state index in [9.17, 15) is 19.2 Å². The van der Waals surface area contributed by atoms with E-state index in [1.165, 1.54) is 13.8 Å². The van der Waals surface area contributed by atoms with Crippen molar-refractivity contribution in [2.45, 2.75) is 13.8 Å². The topological polar surface area (TPSA) is 188 Å². The lowest BCUT2D eigenvalue weighted by atomic mass is 10.0. The van der Waals surface area contributed by atoms with Gasteiger partial charge in [0, 0.05) is 25.0 Å². The molecule has 0 aliphatic carbocycles. The minimum Gasteiger partial charge on any atom is -0.459 e. The number of ether oxygens (including phenoxy) is 2. The molecule has 150 valence electrons. The molecule has 6 N–H and O–H groups in total. The van der Waals surface area contributed by atoms with Crippen LogP contribution in [0, 0.1) is 0 Å². The second kappa shape index (κ2) is 10.9. The number of hydrogen-bond donors (Lipinski definition) is 4. The molecule has 0 aliphatic rings. The second-order valence-corrected chi connectivity index (χ2v) is 5.21. The highest BCUT2D eigenvalue weighted by Crippen LogP contribution is 2.10. The van der Waals surface area contributed by atoms with Crippen LogP contribution in [0.15, 0.2) is 34.5 Å². The van der Waals surface area contributed by atoms with Crippen LogP contribution in [0.25, 0.3) is 0 Å². The van der Waals surface area contributed by atoms with E-state index < -0.39 is 24.0 Å². The molecule has 0 aromatic heterocycles. The molecule has 0 heterocycles. The normalized spacial score (nSPS) is 11.4. The van der Waals surface area contributed by atoms with Crippen molar-refractivity contribution in [3.05, 3.63) is 35.4 Å². The summed E-state index contributed by atoms with van der Waals surface area (Å²) in [4.78, 5) is 44.0. The third-order valence-corrected chi connectivity index (χ3v) is 2.96. The Kier molecular flexibility index (Phi) is 8.60. The highest BCUT2D eigenvalue weighted by molar-refractivity contribution is 6.07. The third-order valence-electron chi connectivity index (χ3n) is 2.96. The summed E-state index contributed by atoms with van der Waals surface area (Å²) >= 11 is 0. The molecule has 0 atom stereocenters. The van der Waals surface area contributed by atoms with Gasteiger partial charge in [0.1, 0.15) is 24.6 Å². The lowest BCUT2D eigenvalue weighted by Gasteiger charge is -2.11. The highest BCUT2D eigenvalue weighted by Gasteiger charge is 2.12. The molecule has 1 aromatic rings. The number of urea groups is 2. The molecule has 0 bridgehead atoms. The Morgan fingerprint density at radius 1 is 0.857 bits per heavy atom. The van der Waals surface area contributed by atoms with Crippen LogP contribution in [0.2, 0.25) is 0 Å². The van der Waals surface area contributed by atoms with Crippen molar-refractivity contribution in [3.8, 4) is 0 Å². The van der Waals surface area contributed by atoms with Crippen molar-refractivity contribution < 1.29 is 28.7 Å². The van der Waals surface area contributed by atoms with Crippen LogP contribution in [0.3, 0.4) is 0 Å². The van der Waals surface area contributed by atoms with Gasteiger partial charge in [-0.1, -0.05) is 18.2 Å². The Morgan fingerprint density at radius 3 is 1.57 bits per heavy atom. The molecule has 0 spiro atoms. The molecule has 0 aliphatic heterocycles. The number of amides is 4. The molecule has 0 unspecified atom stereocenters. The average Bonchev–Trinajstić information content (AvgIpc) is 2.61. The van der Waals surface area contributed by atoms with Gasteiger partial charge < -0.3 is 20.9 Å². The zero-order valence-electron chi connectivity index (χ0n) is 15.2. The lowest BCUT2D eigenvalue weighted by molar-refractivity contribution is -0.140. The summed E-state index contributed by atoms with van der Waals surface area (Å²) in [6, 6.07) is 4.62. The maximum absolute atomic E-state index is 11.1. The summed E-state index contributed by atoms with van der Waals surface area (Å²) in [5, 5.41) is 7.63. The first kappa shape index (κ1) is 22.1. The standard InChI is InChI=1S/C16H20N6O6/c1-9(23)27-7-13(19-21-15(17)25)11-4-3-5-12(6-11)14(8-28-10(2)24)20-22-16(18)26/h3-6H,7-8H2,1-2H3,(H3,17,21,25)(H3,18,22,26)/b19-13-,20-14-. The number of esters is 2. The Labute approximate surface area is 159 Å². The molecule has 12 nitrogen and oxygen atoms in total. The lowest BCUT2D eigenvalue weighted by Crippen LogP contribution is -2.28. The summed E-state index contributed by atoms with van der Waals surface area (Å²) in [7, 11) is 0. The zero-order valence-corrected chi connectivity index (χ0v) is 15.2. The number of nitrogens with two attached hydrogens (primary N) is 2. The second-order valence-electron chi connectivity index (χ2n) is 5.21. The van der Waals surface area contributed by atoms with E-state index in [0.29, 0.717) is 11.1 Å². The fourth-order valence-electron chi connectivity index (χ4n) is 1.82. The SMILES string of the molecule is CC(=O)OC/C(=N/NC(N)=O)c1cccc(/C(COC(C)=O)=N\NC(N)=O)c1. The van der Waals surface area contributed by atoms with Gasteiger partial charge in [0.15, 0.2) is 0 Å². The molecule has 12 heteroatoms. The molecule has 0 saturated carbocycles. The molecule has 0 saturated heterocycles. The fourth-order valence-corrected chi connectivity index (χ4v) is 1.82. The van der Waals surface area contributed by atoms with Gasteiger partial charge in [0.2, 0.25) is 0 Å². The zero-order chi connectivity index (χ0) is 21.1. The van der Waals surface area contributed by atoms with Gasteiger partial charge in [-0.05, 0) is 6.07 Å². The smallest absolute Gasteiger partial charge is 0.332 e. The number of nitrogens with zero attached hydrogens (tertiary/aromatic N) is 2. The van der Waals surface area contributed by atoms with E-state index in [1.807, 2.05) is 0 Å². The molecule has 4 amide bonds. The minimum absolute atomic E-state index is 0.186. The number of nitrogens with one attached hydrogen (secondary N) is 2. The van der Waals surface area contributed by atoms with Crippen molar-refractivity contribution in [2.24, 2.45) is 21.7 Å². The summed E-state index contributed by atoms with van der Waals surface area (Å²) in [6.07, 6.45) is 0. The number of carbonyl (C=O) groups is 4. The van der Waals surface area contributed by atoms with E-state index in [4.69, 9.17) is 20.9 Å². The minimum atomic E-state index is -0.903. The molecular weight excluding hydrogens is 372 g/mol. The summed E-state index contributed by atoms with van der Waals surface area (Å²) in [5.41, 5.74) is 15.4. The average molecular weight is 392 g/mol. The van der Waals surface area contributed by atoms with Gasteiger partial charge in [0.05, 0.1) is 0 Å². The predicted molar refractivity (Wildman–Crippen MR) is 98.2 cm³/mol. The van der Waals surface area contributed by atoms with E-state index in [-0.39, 0.29) is 24.6 Å². The number of hydrogen-bond acceptors (Lipinski definition) is 8. The molecule has 28 heavy (non-hydrogen) atoms. The first-order valence-corrected chi connectivity index (χ1v) is 7.80. The maximum Gasteiger partial charge on any atom is 0.332 e. The van der Waals surface area contributed by atoms with E-state index >= 15 is 0 Å². The Morgan fingerprint density at radius 2 is 1.25 bits per heavy atom. The molecular formula is C16H20N6O6. The van der Waals surface area contributed by atoms with Crippen LogP contribution < -0.4 is 22.3 Å². The van der Waals surface area contributed by atoms with Crippen LogP contribution >= 0.6 is 0 Å². The van der Waals surface area contributed by atoms with Crippen molar-refractivity contribution in [1.82, 2.24) is 10.9 Å². The quantitative estimate of drug-likeness (QED) is 0.263. The van der Waals surface area contributed by atoms with Gasteiger partial charge >= 0.3 is 24.0 Å². The van der Waals surface area contributed by atoms with Gasteiger partial charge in [-0.25, -0.2) is 20.4 Å². The number of carbonyl (C=O) groups excluding carboxylic acids is 4. The number of rotatable bonds is 8. The molecule has 0 fully saturated rings. The largest absolute Gasteiger partial charge is 0.459 e. The summed E-state index contributed by atoms with van der Waals surface area (Å²) in [5.74, 6) is -1.10. The Balaban J connectivity index is 3.24. The first-order valence-electron chi connectivity index (χ1n) is 7.80. The monoisotopic (exact) mass is 392 g/mol. The molecule has 1 aromatic carbocycles. The van der Waals surface area contributed by atoms with E-state index in [2.05, 4.69) is 21.1 Å². The van der Waals surface area contributed by atoms with Crippen LogP contribution in [0.1, 0.15) is 25.0 Å². The van der Waals surface area contributed by atoms with E-state index in [0.717, 1.165) is 0 Å². The third kappa shape index (κ3) is 8.42. The van der Waals surface area contributed by atoms with Crippen molar-refractivity contribution in [2.75, 3.05) is 13.2 Å². The van der Waals surface area contributed by atoms with Gasteiger partial charge in [-0.3, -0.25) is 9.59 Å². The maximum atomic E-state index is 11.1. The first-order chi connectivity index (χ1) is 13.2. The number of hydrazone groups is 2. The van der Waals surface area contributed by atoms with Gasteiger partial charge in [-0.2, -0.15) is 10.2 Å². The number of benzene rings is 1.